The van der Waals surface area contributed by atoms with Gasteiger partial charge in [0.25, 0.3) is 0 Å². The number of piperidine rings is 1. The molecule has 1 aromatic rings. The van der Waals surface area contributed by atoms with Crippen molar-refractivity contribution in [3.8, 4) is 0 Å². The summed E-state index contributed by atoms with van der Waals surface area (Å²) in [5.41, 5.74) is 0. The summed E-state index contributed by atoms with van der Waals surface area (Å²) in [6, 6.07) is 4.07. The van der Waals surface area contributed by atoms with Gasteiger partial charge < -0.3 is 9.64 Å². The van der Waals surface area contributed by atoms with Gasteiger partial charge in [-0.15, -0.1) is 0 Å². The number of pyridine rings is 1. The predicted octanol–water partition coefficient (Wildman–Crippen LogP) is 4.16. The summed E-state index contributed by atoms with van der Waals surface area (Å²) in [5, 5.41) is 0. The van der Waals surface area contributed by atoms with Crippen molar-refractivity contribution in [3.05, 3.63) is 22.8 Å². The van der Waals surface area contributed by atoms with Crippen LogP contribution in [0.15, 0.2) is 22.8 Å². The minimum atomic E-state index is 0.460. The maximum absolute atomic E-state index is 6.28. The summed E-state index contributed by atoms with van der Waals surface area (Å²) >= 11 is 3.52. The van der Waals surface area contributed by atoms with E-state index in [4.69, 9.17) is 4.74 Å². The van der Waals surface area contributed by atoms with Crippen molar-refractivity contribution in [1.82, 2.24) is 4.98 Å². The van der Waals surface area contributed by atoms with Crippen LogP contribution in [-0.2, 0) is 4.74 Å². The lowest BCUT2D eigenvalue weighted by molar-refractivity contribution is -0.0395. The Bertz CT molecular complexity index is 426. The number of hydrogen-bond donors (Lipinski definition) is 0. The number of ether oxygens (including phenoxy) is 1. The molecule has 2 aliphatic rings. The molecule has 2 fully saturated rings. The first-order valence-electron chi connectivity index (χ1n) is 7.83. The number of halogens is 1. The summed E-state index contributed by atoms with van der Waals surface area (Å²) in [6.45, 7) is 2.11. The molecule has 0 atom stereocenters. The molecule has 20 heavy (non-hydrogen) atoms. The van der Waals surface area contributed by atoms with Crippen molar-refractivity contribution < 1.29 is 4.74 Å². The quantitative estimate of drug-likeness (QED) is 0.827. The maximum Gasteiger partial charge on any atom is 0.129 e. The van der Waals surface area contributed by atoms with Gasteiger partial charge in [0.15, 0.2) is 0 Å². The molecule has 0 bridgehead atoms. The maximum atomic E-state index is 6.28. The van der Waals surface area contributed by atoms with Crippen LogP contribution in [0.3, 0.4) is 0 Å². The standard InChI is InChI=1S/C16H23BrN2O/c17-13-6-9-18-16(12-13)19-10-7-15(8-11-19)20-14-4-2-1-3-5-14/h6,9,12,14-15H,1-5,7-8,10-11H2. The summed E-state index contributed by atoms with van der Waals surface area (Å²) in [7, 11) is 0. The van der Waals surface area contributed by atoms with E-state index >= 15 is 0 Å². The third kappa shape index (κ3) is 3.73. The van der Waals surface area contributed by atoms with Crippen molar-refractivity contribution >= 4 is 21.7 Å². The van der Waals surface area contributed by atoms with Crippen molar-refractivity contribution in [3.63, 3.8) is 0 Å². The Hall–Kier alpha value is -0.610. The van der Waals surface area contributed by atoms with Crippen LogP contribution < -0.4 is 4.90 Å². The highest BCUT2D eigenvalue weighted by Gasteiger charge is 2.24. The molecule has 1 aromatic heterocycles. The zero-order chi connectivity index (χ0) is 13.8. The topological polar surface area (TPSA) is 25.4 Å². The van der Waals surface area contributed by atoms with Crippen LogP contribution in [0.4, 0.5) is 5.82 Å². The van der Waals surface area contributed by atoms with Crippen LogP contribution >= 0.6 is 15.9 Å². The van der Waals surface area contributed by atoms with Crippen LogP contribution in [0, 0.1) is 0 Å². The fourth-order valence-electron chi connectivity index (χ4n) is 3.26. The minimum absolute atomic E-state index is 0.460. The average Bonchev–Trinajstić information content (AvgIpc) is 2.49. The van der Waals surface area contributed by atoms with Crippen molar-refractivity contribution in [1.29, 1.82) is 0 Å². The molecule has 0 unspecified atom stereocenters. The lowest BCUT2D eigenvalue weighted by Gasteiger charge is -2.35. The van der Waals surface area contributed by atoms with Crippen molar-refractivity contribution in [2.75, 3.05) is 18.0 Å². The summed E-state index contributed by atoms with van der Waals surface area (Å²) < 4.78 is 7.38. The molecule has 1 saturated heterocycles. The van der Waals surface area contributed by atoms with Crippen LogP contribution in [0.5, 0.6) is 0 Å². The molecule has 1 aliphatic heterocycles. The molecule has 4 heteroatoms. The second-order valence-electron chi connectivity index (χ2n) is 5.91. The van der Waals surface area contributed by atoms with E-state index in [1.165, 1.54) is 32.1 Å². The highest BCUT2D eigenvalue weighted by Crippen LogP contribution is 2.26. The van der Waals surface area contributed by atoms with E-state index in [0.29, 0.717) is 12.2 Å². The zero-order valence-electron chi connectivity index (χ0n) is 11.9. The van der Waals surface area contributed by atoms with Crippen molar-refractivity contribution in [2.45, 2.75) is 57.2 Å². The molecule has 3 nitrogen and oxygen atoms in total. The summed E-state index contributed by atoms with van der Waals surface area (Å²) in [4.78, 5) is 6.83. The average molecular weight is 339 g/mol. The predicted molar refractivity (Wildman–Crippen MR) is 85.1 cm³/mol. The molecule has 0 N–H and O–H groups in total. The van der Waals surface area contributed by atoms with Gasteiger partial charge in [-0.3, -0.25) is 0 Å². The third-order valence-electron chi connectivity index (χ3n) is 4.41. The number of rotatable bonds is 3. The number of hydrogen-bond acceptors (Lipinski definition) is 3. The molecular weight excluding hydrogens is 316 g/mol. The van der Waals surface area contributed by atoms with E-state index in [1.54, 1.807) is 0 Å². The Morgan fingerprint density at radius 3 is 2.45 bits per heavy atom. The highest BCUT2D eigenvalue weighted by atomic mass is 79.9. The molecule has 0 radical (unpaired) electrons. The van der Waals surface area contributed by atoms with Crippen molar-refractivity contribution in [2.24, 2.45) is 0 Å². The monoisotopic (exact) mass is 338 g/mol. The molecule has 0 spiro atoms. The van der Waals surface area contributed by atoms with Crippen LogP contribution in [0.25, 0.3) is 0 Å². The second kappa shape index (κ2) is 6.90. The van der Waals surface area contributed by atoms with Crippen LogP contribution in [0.1, 0.15) is 44.9 Å². The van der Waals surface area contributed by atoms with Gasteiger partial charge in [-0.2, -0.15) is 0 Å². The van der Waals surface area contributed by atoms with Gasteiger partial charge in [0.05, 0.1) is 12.2 Å². The van der Waals surface area contributed by atoms with E-state index in [0.717, 1.165) is 36.2 Å². The molecule has 3 rings (SSSR count). The van der Waals surface area contributed by atoms with Gasteiger partial charge in [-0.1, -0.05) is 35.2 Å². The highest BCUT2D eigenvalue weighted by molar-refractivity contribution is 9.10. The van der Waals surface area contributed by atoms with E-state index in [9.17, 15) is 0 Å². The Kier molecular flexibility index (Phi) is 4.94. The number of aromatic nitrogens is 1. The smallest absolute Gasteiger partial charge is 0.129 e. The molecule has 110 valence electrons. The molecule has 1 saturated carbocycles. The third-order valence-corrected chi connectivity index (χ3v) is 4.90. The number of anilines is 1. The molecule has 1 aliphatic carbocycles. The summed E-state index contributed by atoms with van der Waals surface area (Å²) in [6.07, 6.45) is 11.8. The van der Waals surface area contributed by atoms with E-state index in [-0.39, 0.29) is 0 Å². The molecule has 0 amide bonds. The molecular formula is C16H23BrN2O. The Labute approximate surface area is 129 Å². The molecule has 2 heterocycles. The first-order valence-corrected chi connectivity index (χ1v) is 8.62. The van der Waals surface area contributed by atoms with Gasteiger partial charge in [0.2, 0.25) is 0 Å². The van der Waals surface area contributed by atoms with Crippen LogP contribution in [-0.4, -0.2) is 30.3 Å². The van der Waals surface area contributed by atoms with Gasteiger partial charge in [-0.25, -0.2) is 4.98 Å². The van der Waals surface area contributed by atoms with Gasteiger partial charge in [0.1, 0.15) is 5.82 Å². The van der Waals surface area contributed by atoms with E-state index < -0.39 is 0 Å². The molecule has 0 aromatic carbocycles. The number of nitrogens with zero attached hydrogens (tertiary/aromatic N) is 2. The van der Waals surface area contributed by atoms with E-state index in [2.05, 4.69) is 31.9 Å². The van der Waals surface area contributed by atoms with Gasteiger partial charge >= 0.3 is 0 Å². The summed E-state index contributed by atoms with van der Waals surface area (Å²) in [5.74, 6) is 1.08. The first-order chi connectivity index (χ1) is 9.81. The van der Waals surface area contributed by atoms with Gasteiger partial charge in [-0.05, 0) is 37.8 Å². The Balaban J connectivity index is 1.49. The lowest BCUT2D eigenvalue weighted by Crippen LogP contribution is -2.39. The largest absolute Gasteiger partial charge is 0.375 e. The van der Waals surface area contributed by atoms with Crippen LogP contribution in [0.2, 0.25) is 0 Å². The first kappa shape index (κ1) is 14.3. The second-order valence-corrected chi connectivity index (χ2v) is 6.83. The fourth-order valence-corrected chi connectivity index (χ4v) is 3.58. The minimum Gasteiger partial charge on any atom is -0.375 e. The fraction of sp³-hybridized carbons (Fsp3) is 0.688. The van der Waals surface area contributed by atoms with Gasteiger partial charge in [0, 0.05) is 23.8 Å². The van der Waals surface area contributed by atoms with E-state index in [1.807, 2.05) is 12.3 Å². The zero-order valence-corrected chi connectivity index (χ0v) is 13.5. The lowest BCUT2D eigenvalue weighted by atomic mass is 9.97. The Morgan fingerprint density at radius 1 is 1.05 bits per heavy atom. The SMILES string of the molecule is Brc1ccnc(N2CCC(OC3CCCCC3)CC2)c1. The normalized spacial score (nSPS) is 22.1. The Morgan fingerprint density at radius 2 is 1.75 bits per heavy atom.